The monoisotopic (exact) mass is 335 g/mol. The second-order valence-electron chi connectivity index (χ2n) is 6.12. The van der Waals surface area contributed by atoms with Crippen molar-refractivity contribution < 1.29 is 9.53 Å². The molecule has 0 spiro atoms. The number of anilines is 2. The molecule has 2 N–H and O–H groups in total. The van der Waals surface area contributed by atoms with Gasteiger partial charge in [-0.05, 0) is 19.3 Å². The van der Waals surface area contributed by atoms with Gasteiger partial charge in [-0.15, -0.1) is 11.7 Å². The molecule has 0 aromatic carbocycles. The van der Waals surface area contributed by atoms with E-state index >= 15 is 0 Å². The fourth-order valence-electron chi connectivity index (χ4n) is 2.77. The molecule has 1 aliphatic heterocycles. The first kappa shape index (κ1) is 18.4. The standard InChI is InChI=1S/C17H29N5O2/c1-2-3-4-5-6-7-8-9-10-15(23)22-16(18)19-17(20-22)21-11-13-24-14-12-21/h2H,1,3-14H2,(H2,18,19,20). The van der Waals surface area contributed by atoms with Crippen molar-refractivity contribution >= 4 is 17.8 Å². The lowest BCUT2D eigenvalue weighted by Crippen LogP contribution is -2.37. The number of ether oxygens (including phenoxy) is 1. The lowest BCUT2D eigenvalue weighted by molar-refractivity contribution is 0.0885. The highest BCUT2D eigenvalue weighted by Gasteiger charge is 2.19. The average molecular weight is 335 g/mol. The zero-order valence-corrected chi connectivity index (χ0v) is 14.5. The molecule has 1 saturated heterocycles. The van der Waals surface area contributed by atoms with Crippen LogP contribution in [0, 0.1) is 0 Å². The first-order valence-corrected chi connectivity index (χ1v) is 8.91. The molecule has 134 valence electrons. The van der Waals surface area contributed by atoms with Crippen LogP contribution in [0.25, 0.3) is 0 Å². The van der Waals surface area contributed by atoms with Crippen LogP contribution >= 0.6 is 0 Å². The summed E-state index contributed by atoms with van der Waals surface area (Å²) >= 11 is 0. The van der Waals surface area contributed by atoms with Crippen molar-refractivity contribution in [3.8, 4) is 0 Å². The van der Waals surface area contributed by atoms with Crippen molar-refractivity contribution in [2.75, 3.05) is 36.9 Å². The highest BCUT2D eigenvalue weighted by molar-refractivity contribution is 5.80. The summed E-state index contributed by atoms with van der Waals surface area (Å²) in [5.74, 6) is 0.614. The first-order chi connectivity index (χ1) is 11.7. The van der Waals surface area contributed by atoms with Crippen LogP contribution < -0.4 is 10.6 Å². The third-order valence-electron chi connectivity index (χ3n) is 4.20. The minimum Gasteiger partial charge on any atom is -0.378 e. The van der Waals surface area contributed by atoms with Crippen molar-refractivity contribution in [1.29, 1.82) is 0 Å². The predicted molar refractivity (Wildman–Crippen MR) is 95.2 cm³/mol. The van der Waals surface area contributed by atoms with Crippen LogP contribution in [-0.4, -0.2) is 47.0 Å². The number of hydrogen-bond donors (Lipinski definition) is 1. The predicted octanol–water partition coefficient (Wildman–Crippen LogP) is 2.64. The van der Waals surface area contributed by atoms with Crippen LogP contribution in [0.4, 0.5) is 11.9 Å². The number of nitrogens with two attached hydrogens (primary N) is 1. The van der Waals surface area contributed by atoms with Crippen molar-refractivity contribution in [2.45, 2.75) is 51.4 Å². The topological polar surface area (TPSA) is 86.3 Å². The summed E-state index contributed by atoms with van der Waals surface area (Å²) in [6.45, 7) is 6.47. The van der Waals surface area contributed by atoms with E-state index in [-0.39, 0.29) is 11.9 Å². The summed E-state index contributed by atoms with van der Waals surface area (Å²) in [6.07, 6.45) is 10.3. The fraction of sp³-hybridized carbons (Fsp3) is 0.706. The van der Waals surface area contributed by atoms with E-state index in [1.807, 2.05) is 11.0 Å². The third-order valence-corrected chi connectivity index (χ3v) is 4.20. The van der Waals surface area contributed by atoms with Gasteiger partial charge < -0.3 is 15.4 Å². The normalized spacial score (nSPS) is 14.8. The molecule has 1 aromatic rings. The Hall–Kier alpha value is -1.89. The molecule has 0 saturated carbocycles. The fourth-order valence-corrected chi connectivity index (χ4v) is 2.77. The van der Waals surface area contributed by atoms with E-state index in [4.69, 9.17) is 10.5 Å². The zero-order valence-electron chi connectivity index (χ0n) is 14.5. The van der Waals surface area contributed by atoms with E-state index in [1.54, 1.807) is 0 Å². The van der Waals surface area contributed by atoms with Gasteiger partial charge in [-0.2, -0.15) is 9.67 Å². The Kier molecular flexibility index (Phi) is 7.74. The number of nitrogens with zero attached hydrogens (tertiary/aromatic N) is 4. The Morgan fingerprint density at radius 3 is 2.54 bits per heavy atom. The molecule has 1 aromatic heterocycles. The molecule has 7 heteroatoms. The quantitative estimate of drug-likeness (QED) is 0.522. The Balaban J connectivity index is 1.70. The van der Waals surface area contributed by atoms with Crippen molar-refractivity contribution in [2.24, 2.45) is 0 Å². The van der Waals surface area contributed by atoms with Gasteiger partial charge in [0.25, 0.3) is 0 Å². The number of allylic oxidation sites excluding steroid dienone is 1. The minimum atomic E-state index is -0.0776. The van der Waals surface area contributed by atoms with E-state index in [0.717, 1.165) is 38.8 Å². The highest BCUT2D eigenvalue weighted by atomic mass is 16.5. The number of hydrogen-bond acceptors (Lipinski definition) is 6. The van der Waals surface area contributed by atoms with Gasteiger partial charge in [-0.1, -0.05) is 31.8 Å². The van der Waals surface area contributed by atoms with Gasteiger partial charge in [-0.3, -0.25) is 4.79 Å². The maximum absolute atomic E-state index is 12.3. The average Bonchev–Trinajstić information content (AvgIpc) is 3.00. The molecule has 2 heterocycles. The van der Waals surface area contributed by atoms with Gasteiger partial charge >= 0.3 is 0 Å². The molecule has 24 heavy (non-hydrogen) atoms. The zero-order chi connectivity index (χ0) is 17.2. The van der Waals surface area contributed by atoms with Crippen LogP contribution in [0.1, 0.15) is 56.2 Å². The summed E-state index contributed by atoms with van der Waals surface area (Å²) in [7, 11) is 0. The van der Waals surface area contributed by atoms with Gasteiger partial charge in [-0.25, -0.2) is 0 Å². The molecular weight excluding hydrogens is 306 g/mol. The number of morpholine rings is 1. The van der Waals surface area contributed by atoms with Gasteiger partial charge in [0.1, 0.15) is 0 Å². The lowest BCUT2D eigenvalue weighted by Gasteiger charge is -2.25. The van der Waals surface area contributed by atoms with Crippen molar-refractivity contribution in [3.63, 3.8) is 0 Å². The summed E-state index contributed by atoms with van der Waals surface area (Å²) in [4.78, 5) is 18.5. The van der Waals surface area contributed by atoms with E-state index in [1.165, 1.54) is 23.9 Å². The number of nitrogen functional groups attached to an aromatic ring is 1. The highest BCUT2D eigenvalue weighted by Crippen LogP contribution is 2.14. The third kappa shape index (κ3) is 5.63. The minimum absolute atomic E-state index is 0.0776. The summed E-state index contributed by atoms with van der Waals surface area (Å²) in [5, 5.41) is 4.27. The van der Waals surface area contributed by atoms with Crippen LogP contribution in [0.2, 0.25) is 0 Å². The second kappa shape index (κ2) is 10.1. The molecule has 0 amide bonds. The van der Waals surface area contributed by atoms with E-state index < -0.39 is 0 Å². The molecule has 2 rings (SSSR count). The summed E-state index contributed by atoms with van der Waals surface area (Å²) in [5.41, 5.74) is 5.85. The van der Waals surface area contributed by atoms with Crippen molar-refractivity contribution in [3.05, 3.63) is 12.7 Å². The molecular formula is C17H29N5O2. The van der Waals surface area contributed by atoms with Crippen LogP contribution in [-0.2, 0) is 4.74 Å². The second-order valence-corrected chi connectivity index (χ2v) is 6.12. The molecule has 0 atom stereocenters. The molecule has 1 fully saturated rings. The first-order valence-electron chi connectivity index (χ1n) is 8.91. The smallest absolute Gasteiger partial charge is 0.250 e. The van der Waals surface area contributed by atoms with Gasteiger partial charge in [0.2, 0.25) is 17.8 Å². The largest absolute Gasteiger partial charge is 0.378 e. The van der Waals surface area contributed by atoms with Gasteiger partial charge in [0.15, 0.2) is 0 Å². The maximum Gasteiger partial charge on any atom is 0.250 e. The molecule has 0 aliphatic carbocycles. The molecule has 7 nitrogen and oxygen atoms in total. The molecule has 0 bridgehead atoms. The number of unbranched alkanes of at least 4 members (excludes halogenated alkanes) is 6. The Labute approximate surface area is 143 Å². The van der Waals surface area contributed by atoms with E-state index in [0.29, 0.717) is 25.6 Å². The number of rotatable bonds is 10. The Bertz CT molecular complexity index is 523. The lowest BCUT2D eigenvalue weighted by atomic mass is 10.1. The van der Waals surface area contributed by atoms with Crippen LogP contribution in [0.3, 0.4) is 0 Å². The van der Waals surface area contributed by atoms with E-state index in [2.05, 4.69) is 16.7 Å². The Morgan fingerprint density at radius 1 is 1.17 bits per heavy atom. The molecule has 0 radical (unpaired) electrons. The number of carbonyl (C=O) groups excluding carboxylic acids is 1. The SMILES string of the molecule is C=CCCCCCCCCC(=O)n1nc(N2CCOCC2)nc1N. The number of carbonyl (C=O) groups is 1. The maximum atomic E-state index is 12.3. The van der Waals surface area contributed by atoms with E-state index in [9.17, 15) is 4.79 Å². The van der Waals surface area contributed by atoms with Gasteiger partial charge in [0.05, 0.1) is 13.2 Å². The van der Waals surface area contributed by atoms with Crippen molar-refractivity contribution in [1.82, 2.24) is 14.8 Å². The molecule has 0 unspecified atom stereocenters. The molecule has 1 aliphatic rings. The number of aromatic nitrogens is 3. The summed E-state index contributed by atoms with van der Waals surface area (Å²) < 4.78 is 6.55. The Morgan fingerprint density at radius 2 is 1.83 bits per heavy atom. The van der Waals surface area contributed by atoms with Crippen LogP contribution in [0.15, 0.2) is 12.7 Å². The van der Waals surface area contributed by atoms with Gasteiger partial charge in [0, 0.05) is 19.5 Å². The summed E-state index contributed by atoms with van der Waals surface area (Å²) in [6, 6.07) is 0. The van der Waals surface area contributed by atoms with Crippen LogP contribution in [0.5, 0.6) is 0 Å².